The molecule has 1 amide bonds. The average molecular weight is 292 g/mol. The van der Waals surface area contributed by atoms with Crippen molar-refractivity contribution in [2.24, 2.45) is 7.05 Å². The number of aromatic nitrogens is 2. The maximum Gasteiger partial charge on any atom is 0.254 e. The topological polar surface area (TPSA) is 59.0 Å². The van der Waals surface area contributed by atoms with E-state index in [1.807, 2.05) is 14.0 Å². The molecular formula is C16H28N4O. The molecule has 0 atom stereocenters. The number of hydrogen-bond acceptors (Lipinski definition) is 3. The summed E-state index contributed by atoms with van der Waals surface area (Å²) in [6, 6.07) is 0.633. The largest absolute Gasteiger partial charge is 0.351 e. The van der Waals surface area contributed by atoms with Crippen molar-refractivity contribution in [1.82, 2.24) is 20.4 Å². The predicted molar refractivity (Wildman–Crippen MR) is 84.4 cm³/mol. The van der Waals surface area contributed by atoms with Gasteiger partial charge in [0.25, 0.3) is 5.91 Å². The van der Waals surface area contributed by atoms with Crippen molar-refractivity contribution >= 4 is 5.91 Å². The Bertz CT molecular complexity index is 447. The Morgan fingerprint density at radius 3 is 2.67 bits per heavy atom. The first-order valence-corrected chi connectivity index (χ1v) is 8.24. The van der Waals surface area contributed by atoms with Crippen LogP contribution in [0.15, 0.2) is 6.20 Å². The van der Waals surface area contributed by atoms with Crippen LogP contribution in [0.4, 0.5) is 0 Å². The maximum atomic E-state index is 12.2. The van der Waals surface area contributed by atoms with Crippen LogP contribution in [0.25, 0.3) is 0 Å². The van der Waals surface area contributed by atoms with Crippen molar-refractivity contribution in [1.29, 1.82) is 0 Å². The SMILES string of the molecule is CCc1nn(C)cc1C(=O)NCCNC1CCCCCC1. The molecule has 0 spiro atoms. The Morgan fingerprint density at radius 2 is 2.00 bits per heavy atom. The quantitative estimate of drug-likeness (QED) is 0.623. The zero-order valence-electron chi connectivity index (χ0n) is 13.3. The molecule has 0 unspecified atom stereocenters. The Hall–Kier alpha value is -1.36. The molecule has 2 N–H and O–H groups in total. The second-order valence-electron chi connectivity index (χ2n) is 5.92. The number of amides is 1. The summed E-state index contributed by atoms with van der Waals surface area (Å²) in [4.78, 5) is 12.2. The van der Waals surface area contributed by atoms with Crippen LogP contribution in [-0.4, -0.2) is 34.8 Å². The number of hydrogen-bond donors (Lipinski definition) is 2. The lowest BCUT2D eigenvalue weighted by atomic mass is 10.1. The summed E-state index contributed by atoms with van der Waals surface area (Å²) in [5.41, 5.74) is 1.57. The summed E-state index contributed by atoms with van der Waals surface area (Å²) in [7, 11) is 1.85. The maximum absolute atomic E-state index is 12.2. The van der Waals surface area contributed by atoms with Crippen LogP contribution >= 0.6 is 0 Å². The van der Waals surface area contributed by atoms with Gasteiger partial charge in [-0.25, -0.2) is 0 Å². The first-order chi connectivity index (χ1) is 10.2. The third kappa shape index (κ3) is 4.84. The van der Waals surface area contributed by atoms with Crippen molar-refractivity contribution in [3.63, 3.8) is 0 Å². The summed E-state index contributed by atoms with van der Waals surface area (Å²) in [5, 5.41) is 10.9. The number of nitrogens with one attached hydrogen (secondary N) is 2. The van der Waals surface area contributed by atoms with Crippen LogP contribution in [-0.2, 0) is 13.5 Å². The number of carbonyl (C=O) groups excluding carboxylic acids is 1. The van der Waals surface area contributed by atoms with Gasteiger partial charge >= 0.3 is 0 Å². The molecule has 1 aliphatic rings. The highest BCUT2D eigenvalue weighted by Gasteiger charge is 2.14. The molecule has 1 aromatic rings. The lowest BCUT2D eigenvalue weighted by Gasteiger charge is -2.16. The molecule has 0 radical (unpaired) electrons. The highest BCUT2D eigenvalue weighted by Crippen LogP contribution is 2.16. The van der Waals surface area contributed by atoms with Crippen LogP contribution in [0.2, 0.25) is 0 Å². The van der Waals surface area contributed by atoms with Gasteiger partial charge in [0.2, 0.25) is 0 Å². The van der Waals surface area contributed by atoms with Gasteiger partial charge in [-0.05, 0) is 19.3 Å². The van der Waals surface area contributed by atoms with Gasteiger partial charge in [-0.1, -0.05) is 32.6 Å². The van der Waals surface area contributed by atoms with Crippen LogP contribution in [0.3, 0.4) is 0 Å². The number of carbonyl (C=O) groups is 1. The highest BCUT2D eigenvalue weighted by atomic mass is 16.1. The van der Waals surface area contributed by atoms with Crippen LogP contribution in [0.5, 0.6) is 0 Å². The van der Waals surface area contributed by atoms with E-state index in [4.69, 9.17) is 0 Å². The molecule has 21 heavy (non-hydrogen) atoms. The fraction of sp³-hybridized carbons (Fsp3) is 0.750. The van der Waals surface area contributed by atoms with Crippen LogP contribution in [0.1, 0.15) is 61.5 Å². The normalized spacial score (nSPS) is 16.7. The molecule has 1 saturated carbocycles. The van der Waals surface area contributed by atoms with Gasteiger partial charge in [0.05, 0.1) is 11.3 Å². The summed E-state index contributed by atoms with van der Waals surface area (Å²) >= 11 is 0. The lowest BCUT2D eigenvalue weighted by molar-refractivity contribution is 0.0952. The second-order valence-corrected chi connectivity index (χ2v) is 5.92. The molecule has 2 rings (SSSR count). The van der Waals surface area contributed by atoms with E-state index < -0.39 is 0 Å². The molecule has 0 bridgehead atoms. The minimum absolute atomic E-state index is 0.0115. The molecule has 5 heteroatoms. The molecule has 0 aromatic carbocycles. The Kier molecular flexibility index (Phi) is 6.23. The van der Waals surface area contributed by atoms with E-state index in [0.717, 1.165) is 18.7 Å². The smallest absolute Gasteiger partial charge is 0.254 e. The molecule has 0 saturated heterocycles. The van der Waals surface area contributed by atoms with E-state index in [2.05, 4.69) is 15.7 Å². The summed E-state index contributed by atoms with van der Waals surface area (Å²) in [5.74, 6) is -0.0115. The zero-order valence-corrected chi connectivity index (χ0v) is 13.3. The molecular weight excluding hydrogens is 264 g/mol. The third-order valence-corrected chi connectivity index (χ3v) is 4.18. The number of aryl methyl sites for hydroxylation is 2. The number of nitrogens with zero attached hydrogens (tertiary/aromatic N) is 2. The van der Waals surface area contributed by atoms with E-state index >= 15 is 0 Å². The molecule has 1 aromatic heterocycles. The predicted octanol–water partition coefficient (Wildman–Crippen LogP) is 2.02. The standard InChI is InChI=1S/C16H28N4O/c1-3-15-14(12-20(2)19-15)16(21)18-11-10-17-13-8-6-4-5-7-9-13/h12-13,17H,3-11H2,1-2H3,(H,18,21). The van der Waals surface area contributed by atoms with E-state index in [9.17, 15) is 4.79 Å². The first kappa shape index (κ1) is 16.0. The van der Waals surface area contributed by atoms with Gasteiger partial charge in [0, 0.05) is 32.4 Å². The summed E-state index contributed by atoms with van der Waals surface area (Å²) in [6.45, 7) is 3.54. The lowest BCUT2D eigenvalue weighted by Crippen LogP contribution is -2.37. The van der Waals surface area contributed by atoms with Gasteiger partial charge in [0.15, 0.2) is 0 Å². The van der Waals surface area contributed by atoms with Crippen molar-refractivity contribution in [3.05, 3.63) is 17.5 Å². The summed E-state index contributed by atoms with van der Waals surface area (Å²) in [6.07, 6.45) is 10.5. The van der Waals surface area contributed by atoms with Gasteiger partial charge in [-0.2, -0.15) is 5.10 Å². The fourth-order valence-electron chi connectivity index (χ4n) is 3.02. The first-order valence-electron chi connectivity index (χ1n) is 8.24. The van der Waals surface area contributed by atoms with Gasteiger partial charge in [-0.15, -0.1) is 0 Å². The molecule has 118 valence electrons. The summed E-state index contributed by atoms with van der Waals surface area (Å²) < 4.78 is 1.71. The van der Waals surface area contributed by atoms with E-state index in [-0.39, 0.29) is 5.91 Å². The minimum atomic E-state index is -0.0115. The second kappa shape index (κ2) is 8.17. The van der Waals surface area contributed by atoms with Crippen LogP contribution < -0.4 is 10.6 Å². The van der Waals surface area contributed by atoms with Crippen LogP contribution in [0, 0.1) is 0 Å². The monoisotopic (exact) mass is 292 g/mol. The molecule has 5 nitrogen and oxygen atoms in total. The van der Waals surface area contributed by atoms with Gasteiger partial charge in [0.1, 0.15) is 0 Å². The molecule has 0 aliphatic heterocycles. The van der Waals surface area contributed by atoms with Gasteiger partial charge in [-0.3, -0.25) is 9.48 Å². The third-order valence-electron chi connectivity index (χ3n) is 4.18. The van der Waals surface area contributed by atoms with Crippen molar-refractivity contribution in [2.75, 3.05) is 13.1 Å². The fourth-order valence-corrected chi connectivity index (χ4v) is 3.02. The Balaban J connectivity index is 1.71. The van der Waals surface area contributed by atoms with E-state index in [1.165, 1.54) is 38.5 Å². The Morgan fingerprint density at radius 1 is 1.29 bits per heavy atom. The average Bonchev–Trinajstić information content (AvgIpc) is 2.69. The van der Waals surface area contributed by atoms with E-state index in [0.29, 0.717) is 18.2 Å². The Labute approximate surface area is 127 Å². The molecule has 1 fully saturated rings. The number of rotatable bonds is 6. The van der Waals surface area contributed by atoms with Gasteiger partial charge < -0.3 is 10.6 Å². The highest BCUT2D eigenvalue weighted by molar-refractivity contribution is 5.95. The zero-order chi connectivity index (χ0) is 15.1. The minimum Gasteiger partial charge on any atom is -0.351 e. The van der Waals surface area contributed by atoms with Crippen molar-refractivity contribution in [2.45, 2.75) is 57.9 Å². The van der Waals surface area contributed by atoms with Crippen molar-refractivity contribution < 1.29 is 4.79 Å². The van der Waals surface area contributed by atoms with Crippen molar-refractivity contribution in [3.8, 4) is 0 Å². The molecule has 1 heterocycles. The van der Waals surface area contributed by atoms with E-state index in [1.54, 1.807) is 10.9 Å². The molecule has 1 aliphatic carbocycles.